The van der Waals surface area contributed by atoms with Crippen molar-refractivity contribution in [3.8, 4) is 0 Å². The first-order valence-corrected chi connectivity index (χ1v) is 7.95. The molecule has 4 heteroatoms. The van der Waals surface area contributed by atoms with Gasteiger partial charge in [0, 0.05) is 13.1 Å². The van der Waals surface area contributed by atoms with Crippen molar-refractivity contribution in [2.24, 2.45) is 5.92 Å². The summed E-state index contributed by atoms with van der Waals surface area (Å²) in [4.78, 5) is 25.5. The minimum atomic E-state index is -0.507. The molecule has 2 aromatic carbocycles. The zero-order chi connectivity index (χ0) is 15.7. The molecule has 114 valence electrons. The summed E-state index contributed by atoms with van der Waals surface area (Å²) in [7, 11) is 0. The Morgan fingerprint density at radius 1 is 1.27 bits per heavy atom. The molecule has 0 amide bonds. The molecule has 3 rings (SSSR count). The van der Waals surface area contributed by atoms with Crippen LogP contribution in [0.1, 0.15) is 30.1 Å². The summed E-state index contributed by atoms with van der Waals surface area (Å²) in [5.74, 6) is 0.174. The lowest BCUT2D eigenvalue weighted by Crippen LogP contribution is -2.34. The zero-order valence-corrected chi connectivity index (χ0v) is 13.3. The van der Waals surface area contributed by atoms with Crippen molar-refractivity contribution < 1.29 is 9.59 Å². The molecule has 0 saturated carbocycles. The molecule has 0 radical (unpaired) electrons. The van der Waals surface area contributed by atoms with Crippen molar-refractivity contribution in [2.45, 2.75) is 19.8 Å². The van der Waals surface area contributed by atoms with Gasteiger partial charge in [0.05, 0.1) is 16.3 Å². The van der Waals surface area contributed by atoms with E-state index in [0.29, 0.717) is 28.5 Å². The van der Waals surface area contributed by atoms with E-state index in [1.807, 2.05) is 30.3 Å². The molecule has 3 nitrogen and oxygen atoms in total. The number of carbonyl (C=O) groups is 2. The number of Topliss-reactive ketones (excluding diaryl/α,β-unsaturated/α-hetero) is 1. The molecule has 1 fully saturated rings. The highest BCUT2D eigenvalue weighted by Crippen LogP contribution is 2.38. The number of ketones is 1. The Bertz CT molecular complexity index is 733. The third-order valence-corrected chi connectivity index (χ3v) is 4.72. The summed E-state index contributed by atoms with van der Waals surface area (Å²) in [5.41, 5.74) is 1.15. The summed E-state index contributed by atoms with van der Waals surface area (Å²) < 4.78 is 0. The lowest BCUT2D eigenvalue weighted by molar-refractivity contribution is -0.104. The highest BCUT2D eigenvalue weighted by atomic mass is 35.5. The first-order valence-electron chi connectivity index (χ1n) is 7.57. The van der Waals surface area contributed by atoms with Gasteiger partial charge >= 0.3 is 0 Å². The van der Waals surface area contributed by atoms with Crippen LogP contribution in [0.2, 0.25) is 5.02 Å². The monoisotopic (exact) mass is 315 g/mol. The molecule has 1 aliphatic rings. The number of nitrogens with zero attached hydrogens (tertiary/aromatic N) is 1. The van der Waals surface area contributed by atoms with E-state index in [2.05, 4.69) is 11.8 Å². The Morgan fingerprint density at radius 2 is 1.95 bits per heavy atom. The fourth-order valence-corrected chi connectivity index (χ4v) is 3.48. The Hall–Kier alpha value is -1.87. The van der Waals surface area contributed by atoms with Crippen molar-refractivity contribution in [3.63, 3.8) is 0 Å². The molecule has 0 unspecified atom stereocenters. The highest BCUT2D eigenvalue weighted by molar-refractivity contribution is 6.42. The lowest BCUT2D eigenvalue weighted by Gasteiger charge is -2.34. The number of fused-ring (bicyclic) bond motifs is 1. The molecule has 1 saturated heterocycles. The molecular formula is C18H18ClNO2. The normalized spacial score (nSPS) is 16.0. The smallest absolute Gasteiger partial charge is 0.228 e. The number of hydrogen-bond acceptors (Lipinski definition) is 3. The molecule has 2 aromatic rings. The van der Waals surface area contributed by atoms with Crippen LogP contribution in [-0.4, -0.2) is 25.2 Å². The van der Waals surface area contributed by atoms with Crippen LogP contribution >= 0.6 is 11.6 Å². The fraction of sp³-hybridized carbons (Fsp3) is 0.333. The Labute approximate surface area is 134 Å². The first kappa shape index (κ1) is 15.0. The van der Waals surface area contributed by atoms with Crippen LogP contribution in [0, 0.1) is 5.92 Å². The zero-order valence-electron chi connectivity index (χ0n) is 12.5. The summed E-state index contributed by atoms with van der Waals surface area (Å²) in [6.07, 6.45) is 2.52. The number of anilines is 1. The second kappa shape index (κ2) is 6.09. The largest absolute Gasteiger partial charge is 0.370 e. The van der Waals surface area contributed by atoms with E-state index in [4.69, 9.17) is 11.6 Å². The van der Waals surface area contributed by atoms with Crippen LogP contribution in [-0.2, 0) is 4.79 Å². The van der Waals surface area contributed by atoms with Crippen molar-refractivity contribution >= 4 is 40.1 Å². The minimum Gasteiger partial charge on any atom is -0.370 e. The first-order chi connectivity index (χ1) is 10.6. The third kappa shape index (κ3) is 2.61. The van der Waals surface area contributed by atoms with Crippen molar-refractivity contribution in [1.82, 2.24) is 0 Å². The van der Waals surface area contributed by atoms with E-state index in [1.165, 1.54) is 0 Å². The molecule has 0 bridgehead atoms. The second-order valence-electron chi connectivity index (χ2n) is 5.95. The maximum atomic E-state index is 12.3. The van der Waals surface area contributed by atoms with E-state index in [1.54, 1.807) is 0 Å². The summed E-state index contributed by atoms with van der Waals surface area (Å²) in [6.45, 7) is 3.95. The van der Waals surface area contributed by atoms with Crippen LogP contribution in [0.3, 0.4) is 0 Å². The van der Waals surface area contributed by atoms with Gasteiger partial charge in [-0.3, -0.25) is 9.59 Å². The van der Waals surface area contributed by atoms with Crippen LogP contribution in [0.4, 0.5) is 5.69 Å². The average Bonchev–Trinajstić information content (AvgIpc) is 2.54. The average molecular weight is 316 g/mol. The summed E-state index contributed by atoms with van der Waals surface area (Å²) >= 11 is 6.47. The van der Waals surface area contributed by atoms with Gasteiger partial charge in [0.1, 0.15) is 0 Å². The quantitative estimate of drug-likeness (QED) is 0.486. The molecule has 1 heterocycles. The van der Waals surface area contributed by atoms with E-state index < -0.39 is 5.78 Å². The number of aldehydes is 1. The summed E-state index contributed by atoms with van der Waals surface area (Å²) in [6, 6.07) is 9.44. The topological polar surface area (TPSA) is 37.4 Å². The van der Waals surface area contributed by atoms with Crippen molar-refractivity contribution in [1.29, 1.82) is 0 Å². The number of benzene rings is 2. The van der Waals surface area contributed by atoms with Gasteiger partial charge in [-0.1, -0.05) is 42.8 Å². The van der Waals surface area contributed by atoms with E-state index >= 15 is 0 Å². The molecule has 0 spiro atoms. The van der Waals surface area contributed by atoms with Gasteiger partial charge in [-0.25, -0.2) is 0 Å². The number of hydrogen-bond donors (Lipinski definition) is 0. The van der Waals surface area contributed by atoms with Gasteiger partial charge < -0.3 is 4.90 Å². The Kier molecular flexibility index (Phi) is 4.16. The molecule has 22 heavy (non-hydrogen) atoms. The van der Waals surface area contributed by atoms with Crippen molar-refractivity contribution in [3.05, 3.63) is 40.9 Å². The highest BCUT2D eigenvalue weighted by Gasteiger charge is 2.25. The van der Waals surface area contributed by atoms with E-state index in [9.17, 15) is 9.59 Å². The number of halogens is 1. The van der Waals surface area contributed by atoms with Crippen LogP contribution in [0.15, 0.2) is 30.3 Å². The maximum Gasteiger partial charge on any atom is 0.228 e. The third-order valence-electron chi connectivity index (χ3n) is 4.43. The van der Waals surface area contributed by atoms with Gasteiger partial charge in [0.2, 0.25) is 5.78 Å². The maximum absolute atomic E-state index is 12.3. The minimum absolute atomic E-state index is 0.383. The molecule has 1 aliphatic heterocycles. The molecule has 0 aromatic heterocycles. The number of piperidine rings is 1. The Balaban J connectivity index is 2.21. The summed E-state index contributed by atoms with van der Waals surface area (Å²) in [5, 5.41) is 2.21. The van der Waals surface area contributed by atoms with Crippen molar-refractivity contribution in [2.75, 3.05) is 18.0 Å². The molecule has 0 atom stereocenters. The van der Waals surface area contributed by atoms with E-state index in [-0.39, 0.29) is 0 Å². The van der Waals surface area contributed by atoms with Crippen LogP contribution < -0.4 is 4.90 Å². The predicted molar refractivity (Wildman–Crippen MR) is 90.0 cm³/mol. The van der Waals surface area contributed by atoms with Crippen LogP contribution in [0.5, 0.6) is 0 Å². The predicted octanol–water partition coefficient (Wildman–Crippen LogP) is 4.11. The van der Waals surface area contributed by atoms with Gasteiger partial charge in [-0.15, -0.1) is 0 Å². The molecular weight excluding hydrogens is 298 g/mol. The molecule has 0 aliphatic carbocycles. The SMILES string of the molecule is CC1CCN(c2c(Cl)cc3ccccc3c2C(=O)C=O)CC1. The molecule has 0 N–H and O–H groups in total. The van der Waals surface area contributed by atoms with Gasteiger partial charge in [-0.05, 0) is 35.6 Å². The standard InChI is InChI=1S/C18H18ClNO2/c1-12-6-8-20(9-7-12)18-15(19)10-13-4-2-3-5-14(13)17(18)16(22)11-21/h2-5,10-12H,6-9H2,1H3. The lowest BCUT2D eigenvalue weighted by atomic mass is 9.95. The second-order valence-corrected chi connectivity index (χ2v) is 6.36. The van der Waals surface area contributed by atoms with Gasteiger partial charge in [-0.2, -0.15) is 0 Å². The Morgan fingerprint density at radius 3 is 2.64 bits per heavy atom. The van der Waals surface area contributed by atoms with Gasteiger partial charge in [0.25, 0.3) is 0 Å². The van der Waals surface area contributed by atoms with Crippen LogP contribution in [0.25, 0.3) is 10.8 Å². The van der Waals surface area contributed by atoms with E-state index in [0.717, 1.165) is 36.7 Å². The van der Waals surface area contributed by atoms with Gasteiger partial charge in [0.15, 0.2) is 6.29 Å². The number of carbonyl (C=O) groups excluding carboxylic acids is 2. The number of rotatable bonds is 3. The fourth-order valence-electron chi connectivity index (χ4n) is 3.15.